The largest absolute Gasteiger partial charge is 0.480 e. The van der Waals surface area contributed by atoms with E-state index in [2.05, 4.69) is 0 Å². The van der Waals surface area contributed by atoms with E-state index in [0.29, 0.717) is 4.91 Å². The molecule has 1 aliphatic heterocycles. The summed E-state index contributed by atoms with van der Waals surface area (Å²) in [7, 11) is 0. The van der Waals surface area contributed by atoms with Crippen molar-refractivity contribution in [2.45, 2.75) is 13.0 Å². The minimum atomic E-state index is -1.08. The molecule has 1 fully saturated rings. The SMILES string of the molecule is C[C@H](C(=O)O)N1C(=O)/C(=C\c2cccc3ccccc23)SC1=S. The minimum Gasteiger partial charge on any atom is -0.480 e. The molecule has 0 unspecified atom stereocenters. The van der Waals surface area contributed by atoms with Gasteiger partial charge in [-0.3, -0.25) is 9.69 Å². The number of carbonyl (C=O) groups excluding carboxylic acids is 1. The number of fused-ring (bicyclic) bond motifs is 1. The number of hydrogen-bond acceptors (Lipinski definition) is 4. The number of benzene rings is 2. The molecule has 1 aliphatic rings. The standard InChI is InChI=1S/C17H13NO3S2/c1-10(16(20)21)18-15(19)14(23-17(18)22)9-12-7-4-6-11-5-2-3-8-13(11)12/h2-10H,1H3,(H,20,21)/b14-9+/t10-/m1/s1. The average Bonchev–Trinajstić information content (AvgIpc) is 2.81. The molecule has 1 saturated heterocycles. The number of thiocarbonyl (C=S) groups is 1. The minimum absolute atomic E-state index is 0.274. The molecule has 0 saturated carbocycles. The summed E-state index contributed by atoms with van der Waals surface area (Å²) in [6.07, 6.45) is 1.77. The maximum absolute atomic E-state index is 12.5. The molecule has 4 nitrogen and oxygen atoms in total. The normalized spacial score (nSPS) is 18.0. The van der Waals surface area contributed by atoms with E-state index < -0.39 is 12.0 Å². The Balaban J connectivity index is 2.02. The smallest absolute Gasteiger partial charge is 0.326 e. The lowest BCUT2D eigenvalue weighted by molar-refractivity contribution is -0.144. The van der Waals surface area contributed by atoms with Gasteiger partial charge in [-0.05, 0) is 29.3 Å². The van der Waals surface area contributed by atoms with Gasteiger partial charge < -0.3 is 5.11 Å². The van der Waals surface area contributed by atoms with Crippen LogP contribution in [-0.2, 0) is 9.59 Å². The van der Waals surface area contributed by atoms with Crippen LogP contribution in [0, 0.1) is 0 Å². The molecular weight excluding hydrogens is 330 g/mol. The van der Waals surface area contributed by atoms with Crippen molar-refractivity contribution < 1.29 is 14.7 Å². The zero-order valence-corrected chi connectivity index (χ0v) is 13.9. The number of aliphatic carboxylic acids is 1. The van der Waals surface area contributed by atoms with E-state index in [1.807, 2.05) is 42.5 Å². The van der Waals surface area contributed by atoms with Crippen molar-refractivity contribution in [3.8, 4) is 0 Å². The van der Waals surface area contributed by atoms with Crippen molar-refractivity contribution in [3.05, 3.63) is 52.9 Å². The van der Waals surface area contributed by atoms with Gasteiger partial charge in [0.05, 0.1) is 4.91 Å². The van der Waals surface area contributed by atoms with Crippen LogP contribution in [-0.4, -0.2) is 32.2 Å². The van der Waals surface area contributed by atoms with Crippen molar-refractivity contribution >= 4 is 57.0 Å². The van der Waals surface area contributed by atoms with E-state index >= 15 is 0 Å². The van der Waals surface area contributed by atoms with Gasteiger partial charge in [0.15, 0.2) is 0 Å². The lowest BCUT2D eigenvalue weighted by Crippen LogP contribution is -2.41. The van der Waals surface area contributed by atoms with Crippen LogP contribution in [0.4, 0.5) is 0 Å². The van der Waals surface area contributed by atoms with Crippen molar-refractivity contribution in [2.24, 2.45) is 0 Å². The molecule has 0 aromatic heterocycles. The van der Waals surface area contributed by atoms with E-state index in [4.69, 9.17) is 17.3 Å². The maximum Gasteiger partial charge on any atom is 0.326 e. The second-order valence-electron chi connectivity index (χ2n) is 5.13. The summed E-state index contributed by atoms with van der Waals surface area (Å²) >= 11 is 6.30. The highest BCUT2D eigenvalue weighted by molar-refractivity contribution is 8.26. The zero-order chi connectivity index (χ0) is 16.6. The molecule has 1 atom stereocenters. The van der Waals surface area contributed by atoms with Gasteiger partial charge in [0, 0.05) is 0 Å². The van der Waals surface area contributed by atoms with Crippen molar-refractivity contribution in [1.29, 1.82) is 0 Å². The van der Waals surface area contributed by atoms with Gasteiger partial charge in [0.25, 0.3) is 5.91 Å². The summed E-state index contributed by atoms with van der Waals surface area (Å²) in [4.78, 5) is 25.2. The highest BCUT2D eigenvalue weighted by atomic mass is 32.2. The fourth-order valence-corrected chi connectivity index (χ4v) is 3.85. The fourth-order valence-electron chi connectivity index (χ4n) is 2.44. The molecule has 0 radical (unpaired) electrons. The van der Waals surface area contributed by atoms with Crippen molar-refractivity contribution in [2.75, 3.05) is 0 Å². The topological polar surface area (TPSA) is 57.6 Å². The van der Waals surface area contributed by atoms with Crippen LogP contribution in [0.3, 0.4) is 0 Å². The van der Waals surface area contributed by atoms with Gasteiger partial charge in [0.2, 0.25) is 0 Å². The number of nitrogens with zero attached hydrogens (tertiary/aromatic N) is 1. The number of carboxylic acids is 1. The fraction of sp³-hybridized carbons (Fsp3) is 0.118. The van der Waals surface area contributed by atoms with Gasteiger partial charge in [-0.1, -0.05) is 66.4 Å². The highest BCUT2D eigenvalue weighted by Crippen LogP contribution is 2.35. The van der Waals surface area contributed by atoms with Crippen LogP contribution in [0.1, 0.15) is 12.5 Å². The third-order valence-electron chi connectivity index (χ3n) is 3.68. The molecule has 23 heavy (non-hydrogen) atoms. The Bertz CT molecular complexity index is 855. The predicted molar refractivity (Wildman–Crippen MR) is 96.1 cm³/mol. The molecule has 1 amide bonds. The van der Waals surface area contributed by atoms with Crippen molar-refractivity contribution in [1.82, 2.24) is 4.90 Å². The molecule has 1 heterocycles. The second-order valence-corrected chi connectivity index (χ2v) is 6.81. The first kappa shape index (κ1) is 15.7. The summed E-state index contributed by atoms with van der Waals surface area (Å²) in [6, 6.07) is 12.8. The van der Waals surface area contributed by atoms with Gasteiger partial charge in [0.1, 0.15) is 10.4 Å². The molecule has 6 heteroatoms. The van der Waals surface area contributed by atoms with Crippen LogP contribution in [0.25, 0.3) is 16.8 Å². The number of carbonyl (C=O) groups is 2. The second kappa shape index (κ2) is 6.14. The van der Waals surface area contributed by atoms with Gasteiger partial charge in [-0.2, -0.15) is 0 Å². The molecular formula is C17H13NO3S2. The average molecular weight is 343 g/mol. The van der Waals surface area contributed by atoms with Gasteiger partial charge >= 0.3 is 5.97 Å². The number of amides is 1. The summed E-state index contributed by atoms with van der Waals surface area (Å²) in [5.74, 6) is -1.43. The molecule has 2 aromatic carbocycles. The Hall–Kier alpha value is -2.18. The summed E-state index contributed by atoms with van der Waals surface area (Å²) in [6.45, 7) is 1.45. The molecule has 0 bridgehead atoms. The van der Waals surface area contributed by atoms with Gasteiger partial charge in [-0.15, -0.1) is 0 Å². The monoisotopic (exact) mass is 343 g/mol. The van der Waals surface area contributed by atoms with E-state index in [1.165, 1.54) is 6.92 Å². The molecule has 116 valence electrons. The highest BCUT2D eigenvalue weighted by Gasteiger charge is 2.38. The van der Waals surface area contributed by atoms with Gasteiger partial charge in [-0.25, -0.2) is 4.79 Å². The quantitative estimate of drug-likeness (QED) is 0.683. The predicted octanol–water partition coefficient (Wildman–Crippen LogP) is 3.51. The van der Waals surface area contributed by atoms with E-state index in [-0.39, 0.29) is 10.2 Å². The lowest BCUT2D eigenvalue weighted by Gasteiger charge is -2.18. The van der Waals surface area contributed by atoms with Crippen LogP contribution in [0.5, 0.6) is 0 Å². The van der Waals surface area contributed by atoms with E-state index in [9.17, 15) is 9.59 Å². The summed E-state index contributed by atoms with van der Waals surface area (Å²) < 4.78 is 0.274. The molecule has 0 spiro atoms. The number of rotatable bonds is 3. The van der Waals surface area contributed by atoms with Crippen LogP contribution in [0.15, 0.2) is 47.4 Å². The third-order valence-corrected chi connectivity index (χ3v) is 5.01. The van der Waals surface area contributed by atoms with Crippen molar-refractivity contribution in [3.63, 3.8) is 0 Å². The van der Waals surface area contributed by atoms with Crippen LogP contribution >= 0.6 is 24.0 Å². The molecule has 0 aliphatic carbocycles. The third kappa shape index (κ3) is 2.87. The lowest BCUT2D eigenvalue weighted by atomic mass is 10.0. The zero-order valence-electron chi connectivity index (χ0n) is 12.2. The first-order valence-electron chi connectivity index (χ1n) is 6.96. The molecule has 2 aromatic rings. The Kier molecular flexibility index (Phi) is 4.19. The van der Waals surface area contributed by atoms with E-state index in [0.717, 1.165) is 33.0 Å². The molecule has 1 N–H and O–H groups in total. The Labute approximate surface area is 142 Å². The van der Waals surface area contributed by atoms with Crippen LogP contribution < -0.4 is 0 Å². The number of carboxylic acid groups (broad SMARTS) is 1. The van der Waals surface area contributed by atoms with Crippen LogP contribution in [0.2, 0.25) is 0 Å². The summed E-state index contributed by atoms with van der Waals surface area (Å²) in [5.41, 5.74) is 0.909. The Morgan fingerprint density at radius 3 is 2.70 bits per heavy atom. The first-order chi connectivity index (χ1) is 11.0. The van der Waals surface area contributed by atoms with E-state index in [1.54, 1.807) is 6.08 Å². The summed E-state index contributed by atoms with van der Waals surface area (Å²) in [5, 5.41) is 11.2. The molecule has 3 rings (SSSR count). The Morgan fingerprint density at radius 1 is 1.26 bits per heavy atom. The first-order valence-corrected chi connectivity index (χ1v) is 8.19. The number of thioether (sulfide) groups is 1. The number of hydrogen-bond donors (Lipinski definition) is 1. The Morgan fingerprint density at radius 2 is 1.96 bits per heavy atom. The maximum atomic E-state index is 12.5.